The van der Waals surface area contributed by atoms with Crippen LogP contribution in [0.5, 0.6) is 0 Å². The molecule has 1 aliphatic rings. The van der Waals surface area contributed by atoms with Crippen LogP contribution < -0.4 is 0 Å². The van der Waals surface area contributed by atoms with E-state index in [1.165, 1.54) is 11.8 Å². The smallest absolute Gasteiger partial charge is 0.389 e. The minimum absolute atomic E-state index is 0.305. The molecule has 2 atom stereocenters. The molecule has 9 heteroatoms. The van der Waals surface area contributed by atoms with E-state index in [1.54, 1.807) is 30.3 Å². The molecule has 1 aliphatic carbocycles. The fourth-order valence-electron chi connectivity index (χ4n) is 1.88. The molecule has 0 saturated carbocycles. The molecule has 0 bridgehead atoms. The van der Waals surface area contributed by atoms with Crippen LogP contribution in [0.2, 0.25) is 0 Å². The zero-order chi connectivity index (χ0) is 16.4. The van der Waals surface area contributed by atoms with Gasteiger partial charge in [-0.05, 0) is 31.1 Å². The van der Waals surface area contributed by atoms with Gasteiger partial charge in [0, 0.05) is 4.90 Å². The van der Waals surface area contributed by atoms with Crippen LogP contribution in [0.4, 0.5) is 13.2 Å². The van der Waals surface area contributed by atoms with E-state index in [0.717, 1.165) is 11.0 Å². The number of benzene rings is 1. The summed E-state index contributed by atoms with van der Waals surface area (Å²) in [6, 6.07) is 8.82. The topological polar surface area (TPSA) is 63.6 Å². The van der Waals surface area contributed by atoms with Crippen molar-refractivity contribution in [1.82, 2.24) is 0 Å². The molecule has 1 N–H and O–H groups in total. The van der Waals surface area contributed by atoms with Crippen molar-refractivity contribution in [3.05, 3.63) is 42.2 Å². The maximum absolute atomic E-state index is 12.4. The van der Waals surface area contributed by atoms with E-state index in [4.69, 9.17) is 0 Å². The summed E-state index contributed by atoms with van der Waals surface area (Å²) < 4.78 is 63.8. The van der Waals surface area contributed by atoms with Crippen LogP contribution in [0.3, 0.4) is 0 Å². The molecule has 0 radical (unpaired) electrons. The first-order valence-electron chi connectivity index (χ1n) is 6.31. The average molecular weight is 354 g/mol. The lowest BCUT2D eigenvalue weighted by Crippen LogP contribution is -2.29. The van der Waals surface area contributed by atoms with Crippen molar-refractivity contribution >= 4 is 21.9 Å². The number of hydrogen-bond acceptors (Lipinski definition) is 5. The average Bonchev–Trinajstić information content (AvgIpc) is 2.41. The van der Waals surface area contributed by atoms with Gasteiger partial charge in [-0.2, -0.15) is 21.6 Å². The summed E-state index contributed by atoms with van der Waals surface area (Å²) in [5, 5.41) is 8.91. The normalized spacial score (nSPS) is 23.0. The first kappa shape index (κ1) is 17.2. The first-order valence-corrected chi connectivity index (χ1v) is 8.60. The van der Waals surface area contributed by atoms with Gasteiger partial charge in [-0.1, -0.05) is 18.2 Å². The quantitative estimate of drug-likeness (QED) is 0.665. The third kappa shape index (κ3) is 4.17. The SMILES string of the molecule is O=S(=O)(OC1=C[C@H](O)CC[C@H]1Sc1ccccc1)C(F)(F)F. The summed E-state index contributed by atoms with van der Waals surface area (Å²) in [6.07, 6.45) is 0.627. The Kier molecular flexibility index (Phi) is 5.08. The van der Waals surface area contributed by atoms with Gasteiger partial charge < -0.3 is 9.29 Å². The molecule has 0 unspecified atom stereocenters. The van der Waals surface area contributed by atoms with Crippen molar-refractivity contribution in [3.63, 3.8) is 0 Å². The highest BCUT2D eigenvalue weighted by atomic mass is 32.2. The molecule has 0 fully saturated rings. The highest BCUT2D eigenvalue weighted by Gasteiger charge is 2.49. The molecule has 2 rings (SSSR count). The van der Waals surface area contributed by atoms with Gasteiger partial charge in [0.05, 0.1) is 11.4 Å². The maximum Gasteiger partial charge on any atom is 0.534 e. The Bertz CT molecular complexity index is 641. The third-order valence-corrected chi connectivity index (χ3v) is 5.19. The van der Waals surface area contributed by atoms with Crippen LogP contribution in [0.25, 0.3) is 0 Å². The van der Waals surface area contributed by atoms with E-state index in [0.29, 0.717) is 12.8 Å². The van der Waals surface area contributed by atoms with Gasteiger partial charge in [0.2, 0.25) is 0 Å². The van der Waals surface area contributed by atoms with E-state index >= 15 is 0 Å². The number of rotatable bonds is 4. The third-order valence-electron chi connectivity index (χ3n) is 2.91. The Morgan fingerprint density at radius 1 is 1.18 bits per heavy atom. The lowest BCUT2D eigenvalue weighted by molar-refractivity contribution is -0.0524. The second-order valence-corrected chi connectivity index (χ2v) is 7.43. The van der Waals surface area contributed by atoms with Crippen molar-refractivity contribution in [3.8, 4) is 0 Å². The molecule has 1 aromatic rings. The van der Waals surface area contributed by atoms with E-state index in [2.05, 4.69) is 4.18 Å². The van der Waals surface area contributed by atoms with Crippen molar-refractivity contribution in [1.29, 1.82) is 0 Å². The number of halogens is 3. The first-order chi connectivity index (χ1) is 10.2. The lowest BCUT2D eigenvalue weighted by Gasteiger charge is -2.26. The predicted molar refractivity (Wildman–Crippen MR) is 75.5 cm³/mol. The van der Waals surface area contributed by atoms with Gasteiger partial charge >= 0.3 is 15.6 Å². The Morgan fingerprint density at radius 2 is 1.82 bits per heavy atom. The standard InChI is InChI=1S/C13H13F3O4S2/c14-13(15,16)22(18,19)20-11-8-9(17)6-7-12(11)21-10-4-2-1-3-5-10/h1-5,8-9,12,17H,6-7H2/t9-,12-/m1/s1. The number of aliphatic hydroxyl groups is 1. The van der Waals surface area contributed by atoms with Crippen molar-refractivity contribution in [2.75, 3.05) is 0 Å². The van der Waals surface area contributed by atoms with Gasteiger partial charge in [0.25, 0.3) is 0 Å². The highest BCUT2D eigenvalue weighted by molar-refractivity contribution is 8.00. The summed E-state index contributed by atoms with van der Waals surface area (Å²) in [5.74, 6) is -0.384. The molecule has 0 aromatic heterocycles. The fourth-order valence-corrected chi connectivity index (χ4v) is 3.60. The van der Waals surface area contributed by atoms with E-state index < -0.39 is 27.0 Å². The molecule has 1 aromatic carbocycles. The van der Waals surface area contributed by atoms with Crippen molar-refractivity contribution < 1.29 is 30.9 Å². The van der Waals surface area contributed by atoms with Gasteiger partial charge in [-0.3, -0.25) is 0 Å². The molecular weight excluding hydrogens is 341 g/mol. The van der Waals surface area contributed by atoms with Crippen LogP contribution in [-0.4, -0.2) is 30.4 Å². The molecule has 4 nitrogen and oxygen atoms in total. The molecule has 0 saturated heterocycles. The molecule has 0 aliphatic heterocycles. The fraction of sp³-hybridized carbons (Fsp3) is 0.385. The zero-order valence-corrected chi connectivity index (χ0v) is 12.8. The molecular formula is C13H13F3O4S2. The number of alkyl halides is 3. The van der Waals surface area contributed by atoms with Gasteiger partial charge in [0.1, 0.15) is 5.76 Å². The Balaban J connectivity index is 2.21. The number of aliphatic hydroxyl groups excluding tert-OH is 1. The molecule has 0 heterocycles. The highest BCUT2D eigenvalue weighted by Crippen LogP contribution is 2.37. The van der Waals surface area contributed by atoms with Gasteiger partial charge in [-0.15, -0.1) is 11.8 Å². The van der Waals surface area contributed by atoms with Gasteiger partial charge in [0.15, 0.2) is 0 Å². The van der Waals surface area contributed by atoms with Crippen LogP contribution in [0.1, 0.15) is 12.8 Å². The van der Waals surface area contributed by atoms with Crippen molar-refractivity contribution in [2.45, 2.75) is 34.6 Å². The summed E-state index contributed by atoms with van der Waals surface area (Å²) in [4.78, 5) is 0.766. The minimum atomic E-state index is -5.74. The van der Waals surface area contributed by atoms with E-state index in [1.807, 2.05) is 0 Å². The van der Waals surface area contributed by atoms with Gasteiger partial charge in [-0.25, -0.2) is 0 Å². The minimum Gasteiger partial charge on any atom is -0.389 e. The second-order valence-electron chi connectivity index (χ2n) is 4.62. The molecule has 22 heavy (non-hydrogen) atoms. The lowest BCUT2D eigenvalue weighted by atomic mass is 10.0. The van der Waals surface area contributed by atoms with E-state index in [9.17, 15) is 26.7 Å². The Labute approximate surface area is 130 Å². The summed E-state index contributed by atoms with van der Waals surface area (Å²) in [6.45, 7) is 0. The summed E-state index contributed by atoms with van der Waals surface area (Å²) in [7, 11) is -5.74. The van der Waals surface area contributed by atoms with Crippen LogP contribution >= 0.6 is 11.8 Å². The summed E-state index contributed by atoms with van der Waals surface area (Å²) in [5.41, 5.74) is -5.50. The number of hydrogen-bond donors (Lipinski definition) is 1. The maximum atomic E-state index is 12.4. The number of thioether (sulfide) groups is 1. The monoisotopic (exact) mass is 354 g/mol. The summed E-state index contributed by atoms with van der Waals surface area (Å²) >= 11 is 1.19. The molecule has 0 amide bonds. The van der Waals surface area contributed by atoms with Crippen molar-refractivity contribution in [2.24, 2.45) is 0 Å². The zero-order valence-electron chi connectivity index (χ0n) is 11.2. The predicted octanol–water partition coefficient (Wildman–Crippen LogP) is 3.05. The van der Waals surface area contributed by atoms with E-state index in [-0.39, 0.29) is 5.76 Å². The van der Waals surface area contributed by atoms with Crippen LogP contribution in [-0.2, 0) is 14.3 Å². The van der Waals surface area contributed by atoms with Crippen LogP contribution in [0.15, 0.2) is 47.1 Å². The molecule has 122 valence electrons. The largest absolute Gasteiger partial charge is 0.534 e. The second kappa shape index (κ2) is 6.51. The molecule has 0 spiro atoms. The Morgan fingerprint density at radius 3 is 2.41 bits per heavy atom. The Hall–Kier alpha value is -1.19. The van der Waals surface area contributed by atoms with Crippen LogP contribution in [0, 0.1) is 0 Å².